The fraction of sp³-hybridized carbons (Fsp3) is 0.902. The van der Waals surface area contributed by atoms with Gasteiger partial charge in [-0.15, -0.1) is 0 Å². The van der Waals surface area contributed by atoms with Crippen LogP contribution in [0.4, 0.5) is 0 Å². The number of esters is 2. The molecule has 0 aromatic rings. The molecule has 2 saturated heterocycles. The highest BCUT2D eigenvalue weighted by atomic mass is 16.7. The first-order chi connectivity index (χ1) is 27.0. The minimum Gasteiger partial charge on any atom is -0.462 e. The third-order valence-corrected chi connectivity index (χ3v) is 10.2. The van der Waals surface area contributed by atoms with Gasteiger partial charge in [0.1, 0.15) is 55.4 Å². The molecule has 11 unspecified atom stereocenters. The van der Waals surface area contributed by atoms with Crippen molar-refractivity contribution in [3.8, 4) is 0 Å². The smallest absolute Gasteiger partial charge is 0.306 e. The SMILES string of the molecule is CCC/C=C\CCCCCCCC(=O)OC(COC(=O)CCCCCCCCCCCC)COC1OC(COC2OC(CO)C(O)C(O)C2O)C(O)C(O)C1O. The highest BCUT2D eigenvalue weighted by molar-refractivity contribution is 5.70. The van der Waals surface area contributed by atoms with E-state index in [1.807, 2.05) is 0 Å². The molecule has 2 aliphatic heterocycles. The van der Waals surface area contributed by atoms with Crippen molar-refractivity contribution in [1.82, 2.24) is 0 Å². The standard InChI is InChI=1S/C41H74O15/c1-3-5-7-9-11-13-15-17-19-21-23-32(43)51-26-29(54-33(44)24-22-20-18-16-14-12-10-8-6-4-2)27-52-40-39(50)37(48)35(46)31(56-40)28-53-41-38(49)36(47)34(45)30(25-42)55-41/h8,10,29-31,34-42,45-50H,3-7,9,11-28H2,1-2H3/b10-8-. The summed E-state index contributed by atoms with van der Waals surface area (Å²) in [6.07, 6.45) is 7.09. The summed E-state index contributed by atoms with van der Waals surface area (Å²) in [6, 6.07) is 0. The van der Waals surface area contributed by atoms with Gasteiger partial charge in [-0.05, 0) is 32.1 Å². The highest BCUT2D eigenvalue weighted by Crippen LogP contribution is 2.26. The monoisotopic (exact) mass is 807 g/mol. The summed E-state index contributed by atoms with van der Waals surface area (Å²) in [4.78, 5) is 25.4. The summed E-state index contributed by atoms with van der Waals surface area (Å²) in [5.41, 5.74) is 0. The topological polar surface area (TPSA) is 231 Å². The number of aliphatic hydroxyl groups is 7. The molecule has 11 atom stereocenters. The van der Waals surface area contributed by atoms with Gasteiger partial charge in [0.25, 0.3) is 0 Å². The maximum absolute atomic E-state index is 12.8. The summed E-state index contributed by atoms with van der Waals surface area (Å²) in [5.74, 6) is -0.939. The van der Waals surface area contributed by atoms with Crippen molar-refractivity contribution in [2.24, 2.45) is 0 Å². The predicted octanol–water partition coefficient (Wildman–Crippen LogP) is 3.48. The van der Waals surface area contributed by atoms with Gasteiger partial charge < -0.3 is 64.2 Å². The molecule has 2 rings (SSSR count). The van der Waals surface area contributed by atoms with Gasteiger partial charge in [0.15, 0.2) is 18.7 Å². The van der Waals surface area contributed by atoms with Gasteiger partial charge in [-0.1, -0.05) is 109 Å². The summed E-state index contributed by atoms with van der Waals surface area (Å²) in [6.45, 7) is 2.47. The van der Waals surface area contributed by atoms with Crippen molar-refractivity contribution in [3.05, 3.63) is 12.2 Å². The van der Waals surface area contributed by atoms with Gasteiger partial charge in [0.2, 0.25) is 0 Å². The van der Waals surface area contributed by atoms with Crippen molar-refractivity contribution in [2.45, 2.75) is 210 Å². The van der Waals surface area contributed by atoms with E-state index in [1.54, 1.807) is 0 Å². The number of rotatable bonds is 31. The van der Waals surface area contributed by atoms with Gasteiger partial charge in [-0.3, -0.25) is 9.59 Å². The summed E-state index contributed by atoms with van der Waals surface area (Å²) in [5, 5.41) is 71.6. The van der Waals surface area contributed by atoms with Crippen LogP contribution in [0.5, 0.6) is 0 Å². The summed E-state index contributed by atoms with van der Waals surface area (Å²) in [7, 11) is 0. The third kappa shape index (κ3) is 19.8. The molecule has 15 heteroatoms. The lowest BCUT2D eigenvalue weighted by atomic mass is 9.98. The molecule has 0 aliphatic carbocycles. The van der Waals surface area contributed by atoms with Gasteiger partial charge in [-0.25, -0.2) is 0 Å². The van der Waals surface area contributed by atoms with Crippen LogP contribution in [-0.2, 0) is 38.0 Å². The molecule has 0 aromatic heterocycles. The maximum atomic E-state index is 12.8. The van der Waals surface area contributed by atoms with E-state index >= 15 is 0 Å². The van der Waals surface area contributed by atoms with E-state index in [0.717, 1.165) is 64.2 Å². The van der Waals surface area contributed by atoms with Crippen LogP contribution in [-0.4, -0.2) is 142 Å². The van der Waals surface area contributed by atoms with Crippen molar-refractivity contribution < 1.29 is 73.8 Å². The maximum Gasteiger partial charge on any atom is 0.306 e. The predicted molar refractivity (Wildman–Crippen MR) is 206 cm³/mol. The molecule has 0 aromatic carbocycles. The second-order valence-corrected chi connectivity index (χ2v) is 15.2. The van der Waals surface area contributed by atoms with Gasteiger partial charge in [-0.2, -0.15) is 0 Å². The number of ether oxygens (including phenoxy) is 6. The van der Waals surface area contributed by atoms with Crippen molar-refractivity contribution in [2.75, 3.05) is 26.4 Å². The van der Waals surface area contributed by atoms with E-state index < -0.39 is 92.7 Å². The van der Waals surface area contributed by atoms with Crippen LogP contribution in [0, 0.1) is 0 Å². The van der Waals surface area contributed by atoms with Gasteiger partial charge in [0.05, 0.1) is 19.8 Å². The van der Waals surface area contributed by atoms with E-state index in [4.69, 9.17) is 28.4 Å². The average Bonchev–Trinajstić information content (AvgIpc) is 3.19. The Labute approximate surface area is 333 Å². The summed E-state index contributed by atoms with van der Waals surface area (Å²) < 4.78 is 33.3. The Morgan fingerprint density at radius 3 is 1.64 bits per heavy atom. The van der Waals surface area contributed by atoms with Crippen LogP contribution in [0.1, 0.15) is 142 Å². The van der Waals surface area contributed by atoms with Crippen LogP contribution < -0.4 is 0 Å². The van der Waals surface area contributed by atoms with Crippen LogP contribution >= 0.6 is 0 Å². The van der Waals surface area contributed by atoms with Crippen LogP contribution in [0.15, 0.2) is 12.2 Å². The molecular formula is C41H74O15. The molecule has 0 radical (unpaired) electrons. The van der Waals surface area contributed by atoms with Crippen LogP contribution in [0.2, 0.25) is 0 Å². The second kappa shape index (κ2) is 30.3. The Morgan fingerprint density at radius 2 is 1.05 bits per heavy atom. The minimum atomic E-state index is -1.76. The first-order valence-corrected chi connectivity index (χ1v) is 21.3. The molecule has 2 heterocycles. The van der Waals surface area contributed by atoms with Gasteiger partial charge in [0, 0.05) is 12.8 Å². The van der Waals surface area contributed by atoms with Gasteiger partial charge >= 0.3 is 11.9 Å². The molecule has 2 fully saturated rings. The van der Waals surface area contributed by atoms with Crippen LogP contribution in [0.3, 0.4) is 0 Å². The third-order valence-electron chi connectivity index (χ3n) is 10.2. The number of allylic oxidation sites excluding steroid dienone is 2. The Kier molecular flexibility index (Phi) is 27.3. The summed E-state index contributed by atoms with van der Waals surface area (Å²) >= 11 is 0. The van der Waals surface area contributed by atoms with E-state index in [9.17, 15) is 45.3 Å². The second-order valence-electron chi connectivity index (χ2n) is 15.2. The molecule has 15 nitrogen and oxygen atoms in total. The minimum absolute atomic E-state index is 0.157. The molecule has 328 valence electrons. The Balaban J connectivity index is 1.89. The van der Waals surface area contributed by atoms with Crippen molar-refractivity contribution in [1.29, 1.82) is 0 Å². The highest BCUT2D eigenvalue weighted by Gasteiger charge is 2.47. The number of hydrogen-bond acceptors (Lipinski definition) is 15. The van der Waals surface area contributed by atoms with E-state index in [1.165, 1.54) is 38.5 Å². The molecule has 7 N–H and O–H groups in total. The Morgan fingerprint density at radius 1 is 0.554 bits per heavy atom. The number of unbranched alkanes of at least 4 members (excludes halogenated alkanes) is 15. The van der Waals surface area contributed by atoms with E-state index in [0.29, 0.717) is 12.8 Å². The molecule has 0 amide bonds. The lowest BCUT2D eigenvalue weighted by Crippen LogP contribution is -2.61. The molecule has 56 heavy (non-hydrogen) atoms. The molecule has 0 saturated carbocycles. The van der Waals surface area contributed by atoms with Crippen molar-refractivity contribution in [3.63, 3.8) is 0 Å². The lowest BCUT2D eigenvalue weighted by Gasteiger charge is -2.42. The van der Waals surface area contributed by atoms with Crippen LogP contribution in [0.25, 0.3) is 0 Å². The zero-order valence-corrected chi connectivity index (χ0v) is 33.9. The zero-order valence-electron chi connectivity index (χ0n) is 33.9. The number of hydrogen-bond donors (Lipinski definition) is 7. The Hall–Kier alpha value is -1.76. The lowest BCUT2D eigenvalue weighted by molar-refractivity contribution is -0.332. The molecular weight excluding hydrogens is 732 g/mol. The molecule has 2 aliphatic rings. The van der Waals surface area contributed by atoms with Crippen molar-refractivity contribution >= 4 is 11.9 Å². The van der Waals surface area contributed by atoms with E-state index in [2.05, 4.69) is 26.0 Å². The zero-order chi connectivity index (χ0) is 41.1. The average molecular weight is 807 g/mol. The number of carbonyl (C=O) groups is 2. The molecule has 0 bridgehead atoms. The number of aliphatic hydroxyl groups excluding tert-OH is 7. The number of carbonyl (C=O) groups excluding carboxylic acids is 2. The largest absolute Gasteiger partial charge is 0.462 e. The first kappa shape index (κ1) is 50.4. The fourth-order valence-corrected chi connectivity index (χ4v) is 6.63. The quantitative estimate of drug-likeness (QED) is 0.0302. The van der Waals surface area contributed by atoms with E-state index in [-0.39, 0.29) is 26.1 Å². The first-order valence-electron chi connectivity index (χ1n) is 21.3. The normalized spacial score (nSPS) is 28.7. The molecule has 0 spiro atoms. The fourth-order valence-electron chi connectivity index (χ4n) is 6.63. The Bertz CT molecular complexity index is 1040.